The molecule has 0 saturated carbocycles. The minimum absolute atomic E-state index is 0.591. The lowest BCUT2D eigenvalue weighted by Gasteiger charge is -2.00. The van der Waals surface area contributed by atoms with Crippen LogP contribution in [-0.2, 0) is 0 Å². The van der Waals surface area contributed by atoms with Crippen LogP contribution in [0, 0.1) is 5.92 Å². The smallest absolute Gasteiger partial charge is 0.0236 e. The fraction of sp³-hybridized carbons (Fsp3) is 0.385. The molecule has 0 aliphatic rings. The molecule has 72 valence electrons. The molecule has 0 aromatic rings. The van der Waals surface area contributed by atoms with Gasteiger partial charge in [-0.15, -0.1) is 0 Å². The highest BCUT2D eigenvalue weighted by molar-refractivity contribution is 5.39. The Labute approximate surface area is 82.4 Å². The third-order valence-electron chi connectivity index (χ3n) is 1.62. The average molecular weight is 176 g/mol. The Kier molecular flexibility index (Phi) is 5.96. The summed E-state index contributed by atoms with van der Waals surface area (Å²) in [6.45, 7) is 12.3. The van der Waals surface area contributed by atoms with Crippen LogP contribution in [0.1, 0.15) is 27.7 Å². The molecule has 0 radical (unpaired) electrons. The van der Waals surface area contributed by atoms with E-state index in [-0.39, 0.29) is 0 Å². The third kappa shape index (κ3) is 6.15. The van der Waals surface area contributed by atoms with Crippen LogP contribution in [0.3, 0.4) is 0 Å². The molecule has 0 aliphatic heterocycles. The maximum atomic E-state index is 3.93. The van der Waals surface area contributed by atoms with Crippen molar-refractivity contribution in [2.75, 3.05) is 0 Å². The lowest BCUT2D eigenvalue weighted by atomic mass is 10.1. The van der Waals surface area contributed by atoms with E-state index in [4.69, 9.17) is 0 Å². The summed E-state index contributed by atoms with van der Waals surface area (Å²) in [5, 5.41) is 0. The summed E-state index contributed by atoms with van der Waals surface area (Å²) in [6, 6.07) is 0. The van der Waals surface area contributed by atoms with E-state index in [1.54, 1.807) is 0 Å². The van der Waals surface area contributed by atoms with Gasteiger partial charge in [0.2, 0.25) is 0 Å². The van der Waals surface area contributed by atoms with Crippen molar-refractivity contribution < 1.29 is 0 Å². The van der Waals surface area contributed by atoms with Gasteiger partial charge < -0.3 is 0 Å². The molecule has 0 nitrogen and oxygen atoms in total. The van der Waals surface area contributed by atoms with Gasteiger partial charge in [0.05, 0.1) is 0 Å². The summed E-state index contributed by atoms with van der Waals surface area (Å²) in [4.78, 5) is 0. The molecule has 0 amide bonds. The zero-order valence-corrected chi connectivity index (χ0v) is 9.17. The topological polar surface area (TPSA) is 0 Å². The molecule has 0 N–H and O–H groups in total. The molecule has 0 aromatic carbocycles. The van der Waals surface area contributed by atoms with Crippen molar-refractivity contribution in [2.45, 2.75) is 27.7 Å². The first-order valence-electron chi connectivity index (χ1n) is 4.75. The van der Waals surface area contributed by atoms with Crippen molar-refractivity contribution in [3.8, 4) is 0 Å². The van der Waals surface area contributed by atoms with Crippen molar-refractivity contribution in [3.63, 3.8) is 0 Å². The molecule has 0 heteroatoms. The van der Waals surface area contributed by atoms with E-state index in [9.17, 15) is 0 Å². The van der Waals surface area contributed by atoms with Crippen LogP contribution in [0.5, 0.6) is 0 Å². The zero-order valence-electron chi connectivity index (χ0n) is 9.17. The number of hydrogen-bond acceptors (Lipinski definition) is 0. The highest BCUT2D eigenvalue weighted by Crippen LogP contribution is 2.10. The van der Waals surface area contributed by atoms with Gasteiger partial charge in [-0.05, 0) is 25.3 Å². The van der Waals surface area contributed by atoms with E-state index in [1.165, 1.54) is 5.57 Å². The SMILES string of the molecule is C=C(C)C(/C=C\C(C)C)=C\C=C/C. The Morgan fingerprint density at radius 3 is 2.31 bits per heavy atom. The number of rotatable bonds is 4. The lowest BCUT2D eigenvalue weighted by molar-refractivity contribution is 0.831. The number of hydrogen-bond donors (Lipinski definition) is 0. The summed E-state index contributed by atoms with van der Waals surface area (Å²) >= 11 is 0. The predicted molar refractivity (Wildman–Crippen MR) is 61.7 cm³/mol. The second-order valence-corrected chi connectivity index (χ2v) is 3.53. The predicted octanol–water partition coefficient (Wildman–Crippen LogP) is 4.28. The van der Waals surface area contributed by atoms with Crippen LogP contribution < -0.4 is 0 Å². The van der Waals surface area contributed by atoms with Crippen molar-refractivity contribution in [3.05, 3.63) is 48.1 Å². The summed E-state index contributed by atoms with van der Waals surface area (Å²) in [6.07, 6.45) is 10.5. The van der Waals surface area contributed by atoms with Gasteiger partial charge >= 0.3 is 0 Å². The second kappa shape index (κ2) is 6.47. The molecule has 13 heavy (non-hydrogen) atoms. The quantitative estimate of drug-likeness (QED) is 0.561. The third-order valence-corrected chi connectivity index (χ3v) is 1.62. The van der Waals surface area contributed by atoms with Crippen LogP contribution in [0.2, 0.25) is 0 Å². The first-order chi connectivity index (χ1) is 6.07. The van der Waals surface area contributed by atoms with E-state index in [1.807, 2.05) is 26.0 Å². The van der Waals surface area contributed by atoms with Gasteiger partial charge in [-0.3, -0.25) is 0 Å². The molecule has 0 rings (SSSR count). The second-order valence-electron chi connectivity index (χ2n) is 3.53. The molecule has 0 bridgehead atoms. The van der Waals surface area contributed by atoms with E-state index in [0.29, 0.717) is 5.92 Å². The van der Waals surface area contributed by atoms with Gasteiger partial charge in [0, 0.05) is 0 Å². The molecule has 0 saturated heterocycles. The van der Waals surface area contributed by atoms with Crippen LogP contribution in [-0.4, -0.2) is 0 Å². The van der Waals surface area contributed by atoms with Gasteiger partial charge in [-0.2, -0.15) is 0 Å². The number of allylic oxidation sites excluding steroid dienone is 7. The van der Waals surface area contributed by atoms with E-state index < -0.39 is 0 Å². The van der Waals surface area contributed by atoms with Crippen molar-refractivity contribution in [1.29, 1.82) is 0 Å². The van der Waals surface area contributed by atoms with Gasteiger partial charge in [0.1, 0.15) is 0 Å². The first kappa shape index (κ1) is 12.0. The zero-order chi connectivity index (χ0) is 10.3. The largest absolute Gasteiger partial charge is 0.0955 e. The highest BCUT2D eigenvalue weighted by Gasteiger charge is 1.91. The van der Waals surface area contributed by atoms with Gasteiger partial charge in [0.15, 0.2) is 0 Å². The maximum absolute atomic E-state index is 3.93. The fourth-order valence-corrected chi connectivity index (χ4v) is 0.836. The Bertz CT molecular complexity index is 237. The molecular weight excluding hydrogens is 156 g/mol. The highest BCUT2D eigenvalue weighted by atomic mass is 14.0. The summed E-state index contributed by atoms with van der Waals surface area (Å²) < 4.78 is 0. The van der Waals surface area contributed by atoms with Gasteiger partial charge in [-0.1, -0.05) is 56.4 Å². The van der Waals surface area contributed by atoms with E-state index >= 15 is 0 Å². The lowest BCUT2D eigenvalue weighted by Crippen LogP contribution is -1.82. The maximum Gasteiger partial charge on any atom is -0.0236 e. The van der Waals surface area contributed by atoms with Gasteiger partial charge in [-0.25, -0.2) is 0 Å². The van der Waals surface area contributed by atoms with Crippen molar-refractivity contribution in [2.24, 2.45) is 5.92 Å². The Hall–Kier alpha value is -1.04. The molecule has 0 aromatic heterocycles. The van der Waals surface area contributed by atoms with Gasteiger partial charge in [0.25, 0.3) is 0 Å². The normalized spacial score (nSPS) is 13.5. The monoisotopic (exact) mass is 176 g/mol. The molecule has 0 aliphatic carbocycles. The molecule has 0 fully saturated rings. The Morgan fingerprint density at radius 2 is 1.92 bits per heavy atom. The van der Waals surface area contributed by atoms with E-state index in [0.717, 1.165) is 5.57 Å². The molecular formula is C13H20. The van der Waals surface area contributed by atoms with Crippen LogP contribution in [0.15, 0.2) is 48.1 Å². The summed E-state index contributed by atoms with van der Waals surface area (Å²) in [5.74, 6) is 0.591. The Balaban J connectivity index is 4.53. The summed E-state index contributed by atoms with van der Waals surface area (Å²) in [5.41, 5.74) is 2.31. The van der Waals surface area contributed by atoms with E-state index in [2.05, 4.69) is 38.7 Å². The minimum atomic E-state index is 0.591. The van der Waals surface area contributed by atoms with Crippen LogP contribution >= 0.6 is 0 Å². The minimum Gasteiger partial charge on any atom is -0.0955 e. The molecule has 0 unspecified atom stereocenters. The Morgan fingerprint density at radius 1 is 1.31 bits per heavy atom. The first-order valence-corrected chi connectivity index (χ1v) is 4.75. The van der Waals surface area contributed by atoms with Crippen molar-refractivity contribution in [1.82, 2.24) is 0 Å². The standard InChI is InChI=1S/C13H20/c1-6-7-8-13(12(4)5)10-9-11(2)3/h6-11H,4H2,1-3,5H3/b7-6-,10-9-,13-8-. The molecule has 0 atom stereocenters. The average Bonchev–Trinajstić information content (AvgIpc) is 2.03. The van der Waals surface area contributed by atoms with Crippen LogP contribution in [0.4, 0.5) is 0 Å². The summed E-state index contributed by atoms with van der Waals surface area (Å²) in [7, 11) is 0. The fourth-order valence-electron chi connectivity index (χ4n) is 0.836. The van der Waals surface area contributed by atoms with Crippen LogP contribution in [0.25, 0.3) is 0 Å². The molecule has 0 spiro atoms. The van der Waals surface area contributed by atoms with Crippen molar-refractivity contribution >= 4 is 0 Å². The molecule has 0 heterocycles.